The summed E-state index contributed by atoms with van der Waals surface area (Å²) in [6.07, 6.45) is 14.6. The molecule has 1 aliphatic heterocycles. The SMILES string of the molecule is Cn1cc(-c2ccc(N(C(=O)NCc3ccccc3)[C@H]3CC[C@H](Nc4ncc(C#N)c(N5CCC(N=[SH](C)(C)O)C5)n4)CC3)nc2)cn1. The number of nitrogens with one attached hydrogen (secondary N) is 2. The van der Waals surface area contributed by atoms with Gasteiger partial charge in [0.2, 0.25) is 5.95 Å². The number of anilines is 3. The van der Waals surface area contributed by atoms with Gasteiger partial charge in [0, 0.05) is 62.3 Å². The van der Waals surface area contributed by atoms with Gasteiger partial charge in [0.25, 0.3) is 0 Å². The van der Waals surface area contributed by atoms with Gasteiger partial charge in [0.15, 0.2) is 5.82 Å². The van der Waals surface area contributed by atoms with Crippen LogP contribution >= 0.6 is 0 Å². The van der Waals surface area contributed by atoms with Crippen molar-refractivity contribution in [3.05, 3.63) is 78.4 Å². The molecule has 1 aliphatic carbocycles. The second kappa shape index (κ2) is 14.5. The van der Waals surface area contributed by atoms with Crippen LogP contribution in [0.4, 0.5) is 22.4 Å². The van der Waals surface area contributed by atoms with Crippen LogP contribution in [0.2, 0.25) is 0 Å². The molecule has 0 radical (unpaired) electrons. The fourth-order valence-electron chi connectivity index (χ4n) is 6.44. The number of rotatable bonds is 9. The number of urea groups is 1. The van der Waals surface area contributed by atoms with Crippen LogP contribution in [-0.2, 0) is 23.7 Å². The maximum Gasteiger partial charge on any atom is 0.323 e. The van der Waals surface area contributed by atoms with Crippen molar-refractivity contribution in [2.75, 3.05) is 40.7 Å². The van der Waals surface area contributed by atoms with Crippen LogP contribution in [0, 0.1) is 11.3 Å². The van der Waals surface area contributed by atoms with Crippen molar-refractivity contribution in [1.29, 1.82) is 5.26 Å². The van der Waals surface area contributed by atoms with Crippen LogP contribution in [0.25, 0.3) is 11.1 Å². The Hall–Kier alpha value is -4.87. The van der Waals surface area contributed by atoms with Crippen molar-refractivity contribution in [2.45, 2.75) is 56.8 Å². The summed E-state index contributed by atoms with van der Waals surface area (Å²) in [5.41, 5.74) is 3.34. The first-order chi connectivity index (χ1) is 23.1. The molecule has 1 aromatic carbocycles. The number of benzene rings is 1. The van der Waals surface area contributed by atoms with E-state index in [1.165, 1.54) is 0 Å². The van der Waals surface area contributed by atoms with E-state index in [9.17, 15) is 14.6 Å². The van der Waals surface area contributed by atoms with Gasteiger partial charge in [-0.05, 0) is 62.3 Å². The lowest BCUT2D eigenvalue weighted by molar-refractivity contribution is 0.240. The molecule has 2 aliphatic rings. The Morgan fingerprint density at radius 1 is 1.06 bits per heavy atom. The van der Waals surface area contributed by atoms with Gasteiger partial charge >= 0.3 is 6.03 Å². The minimum Gasteiger partial charge on any atom is -0.353 e. The molecule has 14 heteroatoms. The van der Waals surface area contributed by atoms with Crippen LogP contribution in [0.15, 0.2) is 71.6 Å². The molecule has 1 saturated carbocycles. The van der Waals surface area contributed by atoms with Crippen molar-refractivity contribution in [1.82, 2.24) is 30.0 Å². The van der Waals surface area contributed by atoms with Crippen LogP contribution in [-0.4, -0.2) is 79.0 Å². The monoisotopic (exact) mass is 669 g/mol. The predicted molar refractivity (Wildman–Crippen MR) is 190 cm³/mol. The van der Waals surface area contributed by atoms with E-state index in [0.29, 0.717) is 42.8 Å². The number of hydrogen-bond acceptors (Lipinski definition) is 9. The summed E-state index contributed by atoms with van der Waals surface area (Å²) in [6, 6.07) is 15.9. The molecule has 48 heavy (non-hydrogen) atoms. The Labute approximate surface area is 282 Å². The molecule has 252 valence electrons. The van der Waals surface area contributed by atoms with E-state index in [2.05, 4.69) is 36.0 Å². The summed E-state index contributed by atoms with van der Waals surface area (Å²) in [5, 5.41) is 20.6. The molecule has 1 atom stereocenters. The zero-order valence-electron chi connectivity index (χ0n) is 27.6. The Balaban J connectivity index is 1.14. The zero-order valence-corrected chi connectivity index (χ0v) is 28.5. The van der Waals surface area contributed by atoms with E-state index in [1.54, 1.807) is 40.7 Å². The van der Waals surface area contributed by atoms with Crippen LogP contribution in [0.5, 0.6) is 0 Å². The van der Waals surface area contributed by atoms with Crippen LogP contribution < -0.4 is 20.4 Å². The number of aromatic nitrogens is 5. The highest BCUT2D eigenvalue weighted by atomic mass is 32.3. The van der Waals surface area contributed by atoms with Crippen molar-refractivity contribution in [3.8, 4) is 17.2 Å². The molecule has 0 spiro atoms. The molecular formula is C34H43N11O2S. The summed E-state index contributed by atoms with van der Waals surface area (Å²) in [5.74, 6) is 1.68. The molecule has 1 saturated heterocycles. The molecule has 6 rings (SSSR count). The lowest BCUT2D eigenvalue weighted by Gasteiger charge is -2.36. The number of aryl methyl sites for hydroxylation is 1. The number of nitriles is 1. The quantitative estimate of drug-likeness (QED) is 0.186. The summed E-state index contributed by atoms with van der Waals surface area (Å²) < 4.78 is 16.6. The summed E-state index contributed by atoms with van der Waals surface area (Å²) in [6.45, 7) is 1.74. The molecule has 1 unspecified atom stereocenters. The Bertz CT molecular complexity index is 1800. The number of carbonyl (C=O) groups excluding carboxylic acids is 1. The van der Waals surface area contributed by atoms with Gasteiger partial charge in [-0.15, -0.1) is 10.1 Å². The number of amides is 2. The summed E-state index contributed by atoms with van der Waals surface area (Å²) in [4.78, 5) is 31.6. The van der Waals surface area contributed by atoms with Gasteiger partial charge in [0.05, 0.1) is 18.4 Å². The molecule has 2 fully saturated rings. The number of pyridine rings is 1. The van der Waals surface area contributed by atoms with E-state index in [1.807, 2.05) is 55.7 Å². The summed E-state index contributed by atoms with van der Waals surface area (Å²) in [7, 11) is -0.377. The van der Waals surface area contributed by atoms with E-state index < -0.39 is 10.1 Å². The Morgan fingerprint density at radius 3 is 2.52 bits per heavy atom. The fourth-order valence-corrected chi connectivity index (χ4v) is 7.42. The van der Waals surface area contributed by atoms with Gasteiger partial charge in [-0.2, -0.15) is 15.3 Å². The predicted octanol–water partition coefficient (Wildman–Crippen LogP) is 4.66. The second-order valence-electron chi connectivity index (χ2n) is 12.9. The topological polar surface area (TPSA) is 160 Å². The lowest BCUT2D eigenvalue weighted by Crippen LogP contribution is -2.49. The largest absolute Gasteiger partial charge is 0.353 e. The molecule has 13 nitrogen and oxygen atoms in total. The average Bonchev–Trinajstić information content (AvgIpc) is 3.73. The molecule has 4 heterocycles. The van der Waals surface area contributed by atoms with E-state index in [0.717, 1.165) is 48.8 Å². The third-order valence-electron chi connectivity index (χ3n) is 8.73. The number of nitrogens with zero attached hydrogens (tertiary/aromatic N) is 9. The maximum atomic E-state index is 13.7. The maximum absolute atomic E-state index is 13.7. The van der Waals surface area contributed by atoms with Gasteiger partial charge in [-0.1, -0.05) is 30.3 Å². The van der Waals surface area contributed by atoms with Gasteiger partial charge < -0.3 is 20.1 Å². The van der Waals surface area contributed by atoms with E-state index in [4.69, 9.17) is 9.97 Å². The van der Waals surface area contributed by atoms with Gasteiger partial charge in [0.1, 0.15) is 17.5 Å². The first-order valence-corrected chi connectivity index (χ1v) is 18.9. The van der Waals surface area contributed by atoms with Crippen molar-refractivity contribution < 1.29 is 9.35 Å². The molecule has 3 aromatic heterocycles. The van der Waals surface area contributed by atoms with E-state index >= 15 is 0 Å². The lowest BCUT2D eigenvalue weighted by atomic mass is 9.90. The van der Waals surface area contributed by atoms with Gasteiger partial charge in [-0.3, -0.25) is 13.9 Å². The average molecular weight is 670 g/mol. The Morgan fingerprint density at radius 2 is 1.85 bits per heavy atom. The minimum absolute atomic E-state index is 0.0143. The standard InChI is InChI=1S/C34H43N11O2S/c1-43-22-27(21-39-43)25-9-14-31(36-19-25)45(34(46)38-18-24-7-5-4-6-8-24)30-12-10-28(11-13-30)40-33-37-20-26(17-35)32(41-33)44-16-15-29(23-44)42-48(2,3)47/h4-9,14,19-22,28-30,48H,10-13,15-16,18,23H2,1-3H3,(H,38,46)(H,42,47)(H,37,40,41)/t28-,29?,30-. The smallest absolute Gasteiger partial charge is 0.323 e. The zero-order chi connectivity index (χ0) is 33.7. The molecule has 0 bridgehead atoms. The van der Waals surface area contributed by atoms with Crippen LogP contribution in [0.1, 0.15) is 43.2 Å². The Kier molecular flexibility index (Phi) is 9.98. The molecule has 4 aromatic rings. The molecular weight excluding hydrogens is 627 g/mol. The third-order valence-corrected chi connectivity index (χ3v) is 9.62. The summed E-state index contributed by atoms with van der Waals surface area (Å²) >= 11 is 0. The fraction of sp³-hybridized carbons (Fsp3) is 0.412. The highest BCUT2D eigenvalue weighted by Crippen LogP contribution is 2.31. The van der Waals surface area contributed by atoms with Crippen LogP contribution in [0.3, 0.4) is 0 Å². The molecule has 2 amide bonds. The van der Waals surface area contributed by atoms with Gasteiger partial charge in [-0.25, -0.2) is 14.8 Å². The number of thiol groups is 1. The first kappa shape index (κ1) is 33.0. The third kappa shape index (κ3) is 8.15. The highest BCUT2D eigenvalue weighted by molar-refractivity contribution is 7.98. The number of hydrogen-bond donors (Lipinski definition) is 4. The molecule has 3 N–H and O–H groups in total. The van der Waals surface area contributed by atoms with E-state index in [-0.39, 0.29) is 24.2 Å². The first-order valence-electron chi connectivity index (χ1n) is 16.3. The highest BCUT2D eigenvalue weighted by Gasteiger charge is 2.32. The van der Waals surface area contributed by atoms with Crippen molar-refractivity contribution in [2.24, 2.45) is 11.4 Å². The van der Waals surface area contributed by atoms with Crippen molar-refractivity contribution in [3.63, 3.8) is 0 Å². The number of carbonyl (C=O) groups is 1. The minimum atomic E-state index is -2.25. The second-order valence-corrected chi connectivity index (χ2v) is 15.8. The normalized spacial score (nSPS) is 19.7. The van der Waals surface area contributed by atoms with Crippen molar-refractivity contribution >= 4 is 33.7 Å².